The Morgan fingerprint density at radius 3 is 2.19 bits per heavy atom. The van der Waals surface area contributed by atoms with E-state index in [-0.39, 0.29) is 41.8 Å². The molecule has 1 saturated carbocycles. The summed E-state index contributed by atoms with van der Waals surface area (Å²) in [4.78, 5) is 63.1. The number of piperidine rings is 1. The molecule has 0 aromatic heterocycles. The first kappa shape index (κ1) is 34.2. The van der Waals surface area contributed by atoms with Crippen molar-refractivity contribution in [2.75, 3.05) is 18.5 Å². The summed E-state index contributed by atoms with van der Waals surface area (Å²) in [5.74, 6) is -4.06. The number of hydrogen-bond acceptors (Lipinski definition) is 7. The predicted octanol–water partition coefficient (Wildman–Crippen LogP) is 6.35. The number of fused-ring (bicyclic) bond motifs is 4. The number of phenols is 1. The van der Waals surface area contributed by atoms with Crippen LogP contribution in [0.1, 0.15) is 53.9 Å². The van der Waals surface area contributed by atoms with E-state index >= 15 is 4.79 Å². The Hall–Kier alpha value is -5.54. The van der Waals surface area contributed by atoms with Crippen LogP contribution < -0.4 is 5.43 Å². The van der Waals surface area contributed by atoms with Crippen molar-refractivity contribution >= 4 is 29.3 Å². The molecule has 4 amide bonds. The van der Waals surface area contributed by atoms with Gasteiger partial charge in [-0.1, -0.05) is 102 Å². The molecule has 3 aliphatic heterocycles. The second kappa shape index (κ2) is 13.4. The lowest BCUT2D eigenvalue weighted by atomic mass is 9.49. The standard InChI is InChI=1S/C45H44N4O5/c1-28-15-17-32(18-16-28)46-49-42(52)38-26-37-35(40(30-11-8-14-34(50)25-30)45(38,44(49)54)31-12-6-3-7-13-31)19-20-36-39(37)43(53)48(41(36)51)33-21-23-47(24-22-33)27-29-9-4-2-5-10-29/h2-19,25,33,36-40,46,50H,20-24,26-27H2,1H3/t36-,37+,38-,39-,40-,45+/m0/s1. The largest absolute Gasteiger partial charge is 0.508 e. The number of likely N-dealkylation sites (tertiary alicyclic amines) is 2. The summed E-state index contributed by atoms with van der Waals surface area (Å²) in [5, 5.41) is 12.0. The molecular weight excluding hydrogens is 677 g/mol. The fourth-order valence-electron chi connectivity index (χ4n) is 10.4. The molecule has 2 aliphatic carbocycles. The highest BCUT2D eigenvalue weighted by molar-refractivity contribution is 6.13. The Morgan fingerprint density at radius 2 is 1.48 bits per heavy atom. The molecule has 3 saturated heterocycles. The van der Waals surface area contributed by atoms with Crippen molar-refractivity contribution in [2.24, 2.45) is 23.7 Å². The topological polar surface area (TPSA) is 110 Å². The highest BCUT2D eigenvalue weighted by atomic mass is 16.3. The summed E-state index contributed by atoms with van der Waals surface area (Å²) in [5.41, 5.74) is 6.96. The van der Waals surface area contributed by atoms with Crippen LogP contribution in [0.5, 0.6) is 5.75 Å². The summed E-state index contributed by atoms with van der Waals surface area (Å²) in [6.07, 6.45) is 4.13. The predicted molar refractivity (Wildman–Crippen MR) is 203 cm³/mol. The molecule has 6 atom stereocenters. The summed E-state index contributed by atoms with van der Waals surface area (Å²) < 4.78 is 0. The number of imide groups is 2. The van der Waals surface area contributed by atoms with Crippen LogP contribution in [0.15, 0.2) is 121 Å². The highest BCUT2D eigenvalue weighted by Crippen LogP contribution is 2.64. The van der Waals surface area contributed by atoms with Gasteiger partial charge in [0.1, 0.15) is 5.75 Å². The van der Waals surface area contributed by atoms with E-state index in [1.54, 1.807) is 23.1 Å². The van der Waals surface area contributed by atoms with Gasteiger partial charge in [-0.2, -0.15) is 5.01 Å². The van der Waals surface area contributed by atoms with Crippen LogP contribution in [0.2, 0.25) is 0 Å². The van der Waals surface area contributed by atoms with Crippen molar-refractivity contribution in [3.63, 3.8) is 0 Å². The molecule has 2 N–H and O–H groups in total. The van der Waals surface area contributed by atoms with E-state index in [9.17, 15) is 19.5 Å². The molecule has 5 aliphatic rings. The van der Waals surface area contributed by atoms with E-state index in [1.807, 2.05) is 85.8 Å². The number of nitrogens with one attached hydrogen (secondary N) is 1. The zero-order valence-electron chi connectivity index (χ0n) is 30.3. The molecule has 274 valence electrons. The summed E-state index contributed by atoms with van der Waals surface area (Å²) in [7, 11) is 0. The van der Waals surface area contributed by atoms with Crippen LogP contribution in [0, 0.1) is 30.6 Å². The fourth-order valence-corrected chi connectivity index (χ4v) is 10.4. The average molecular weight is 721 g/mol. The van der Waals surface area contributed by atoms with Crippen molar-refractivity contribution < 1.29 is 24.3 Å². The Bertz CT molecular complexity index is 2150. The minimum absolute atomic E-state index is 0.0481. The van der Waals surface area contributed by atoms with Crippen LogP contribution in [0.4, 0.5) is 5.69 Å². The Balaban J connectivity index is 1.09. The molecule has 9 nitrogen and oxygen atoms in total. The molecule has 4 fully saturated rings. The Labute approximate surface area is 315 Å². The normalized spacial score (nSPS) is 28.5. The lowest BCUT2D eigenvalue weighted by molar-refractivity contribution is -0.144. The first-order valence-electron chi connectivity index (χ1n) is 19.1. The number of carbonyl (C=O) groups is 4. The van der Waals surface area contributed by atoms with Crippen LogP contribution in [0.25, 0.3) is 0 Å². The van der Waals surface area contributed by atoms with Crippen LogP contribution >= 0.6 is 0 Å². The molecule has 3 heterocycles. The molecular formula is C45H44N4O5. The van der Waals surface area contributed by atoms with E-state index in [4.69, 9.17) is 0 Å². The van der Waals surface area contributed by atoms with Crippen molar-refractivity contribution in [1.29, 1.82) is 0 Å². The molecule has 54 heavy (non-hydrogen) atoms. The van der Waals surface area contributed by atoms with Gasteiger partial charge in [0.2, 0.25) is 11.8 Å². The van der Waals surface area contributed by atoms with Crippen molar-refractivity contribution in [3.05, 3.63) is 143 Å². The number of aromatic hydroxyl groups is 1. The average Bonchev–Trinajstić information content (AvgIpc) is 3.57. The number of anilines is 1. The number of carbonyl (C=O) groups excluding carboxylic acids is 4. The molecule has 0 radical (unpaired) electrons. The van der Waals surface area contributed by atoms with Crippen molar-refractivity contribution in [2.45, 2.75) is 56.5 Å². The number of amides is 4. The third kappa shape index (κ3) is 5.39. The number of aryl methyl sites for hydroxylation is 1. The van der Waals surface area contributed by atoms with Crippen LogP contribution in [-0.4, -0.2) is 62.7 Å². The lowest BCUT2D eigenvalue weighted by Gasteiger charge is -2.50. The maximum Gasteiger partial charge on any atom is 0.260 e. The van der Waals surface area contributed by atoms with Crippen LogP contribution in [-0.2, 0) is 31.1 Å². The monoisotopic (exact) mass is 720 g/mol. The Morgan fingerprint density at radius 1 is 0.778 bits per heavy atom. The third-order valence-electron chi connectivity index (χ3n) is 12.8. The molecule has 4 aromatic carbocycles. The first-order valence-corrected chi connectivity index (χ1v) is 19.1. The van der Waals surface area contributed by atoms with Gasteiger partial charge in [0, 0.05) is 31.6 Å². The summed E-state index contributed by atoms with van der Waals surface area (Å²) in [6.45, 7) is 4.39. The van der Waals surface area contributed by atoms with Gasteiger partial charge in [-0.05, 0) is 79.5 Å². The highest BCUT2D eigenvalue weighted by Gasteiger charge is 2.70. The molecule has 4 aromatic rings. The van der Waals surface area contributed by atoms with E-state index in [0.717, 1.165) is 30.8 Å². The van der Waals surface area contributed by atoms with Gasteiger partial charge in [-0.3, -0.25) is 34.4 Å². The molecule has 9 rings (SSSR count). The minimum atomic E-state index is -1.37. The van der Waals surface area contributed by atoms with Gasteiger partial charge < -0.3 is 5.11 Å². The van der Waals surface area contributed by atoms with Gasteiger partial charge in [0.15, 0.2) is 0 Å². The summed E-state index contributed by atoms with van der Waals surface area (Å²) >= 11 is 0. The van der Waals surface area contributed by atoms with Crippen molar-refractivity contribution in [3.8, 4) is 5.75 Å². The van der Waals surface area contributed by atoms with Gasteiger partial charge in [0.05, 0.1) is 28.9 Å². The number of hydrogen-bond donors (Lipinski definition) is 2. The van der Waals surface area contributed by atoms with Gasteiger partial charge in [-0.25, -0.2) is 0 Å². The number of nitrogens with zero attached hydrogens (tertiary/aromatic N) is 3. The first-order chi connectivity index (χ1) is 26.3. The minimum Gasteiger partial charge on any atom is -0.508 e. The smallest absolute Gasteiger partial charge is 0.260 e. The molecule has 9 heteroatoms. The zero-order chi connectivity index (χ0) is 37.1. The van der Waals surface area contributed by atoms with Gasteiger partial charge >= 0.3 is 0 Å². The van der Waals surface area contributed by atoms with E-state index in [2.05, 4.69) is 28.5 Å². The summed E-state index contributed by atoms with van der Waals surface area (Å²) in [6, 6.07) is 34.1. The third-order valence-corrected chi connectivity index (χ3v) is 12.8. The van der Waals surface area contributed by atoms with E-state index < -0.39 is 35.0 Å². The second-order valence-corrected chi connectivity index (χ2v) is 15.7. The number of rotatable bonds is 7. The van der Waals surface area contributed by atoms with E-state index in [0.29, 0.717) is 36.1 Å². The van der Waals surface area contributed by atoms with E-state index in [1.165, 1.54) is 10.6 Å². The second-order valence-electron chi connectivity index (χ2n) is 15.7. The van der Waals surface area contributed by atoms with Crippen LogP contribution in [0.3, 0.4) is 0 Å². The number of phenolic OH excluding ortho intramolecular Hbond substituents is 1. The zero-order valence-corrected chi connectivity index (χ0v) is 30.3. The molecule has 0 bridgehead atoms. The number of allylic oxidation sites excluding steroid dienone is 2. The van der Waals surface area contributed by atoms with Gasteiger partial charge in [0.25, 0.3) is 11.8 Å². The molecule has 0 unspecified atom stereocenters. The maximum absolute atomic E-state index is 15.3. The fraction of sp³-hybridized carbons (Fsp3) is 0.333. The van der Waals surface area contributed by atoms with Gasteiger partial charge in [-0.15, -0.1) is 0 Å². The Kier molecular flexibility index (Phi) is 8.49. The SMILES string of the molecule is Cc1ccc(NN2C(=O)[C@@H]3C[C@@H]4C(=CC[C@@H]5C(=O)N(C6CCN(Cc7ccccc7)CC6)C(=O)[C@@H]54)[C@H](c4cccc(O)c4)[C@]3(c3ccccc3)C2=O)cc1. The molecule has 0 spiro atoms. The van der Waals surface area contributed by atoms with Crippen molar-refractivity contribution in [1.82, 2.24) is 14.8 Å². The maximum atomic E-state index is 15.3. The number of benzene rings is 4. The number of hydrazine groups is 1. The lowest BCUT2D eigenvalue weighted by Crippen LogP contribution is -2.53. The quantitative estimate of drug-likeness (QED) is 0.169.